The first-order valence-electron chi connectivity index (χ1n) is 8.79. The molecule has 0 saturated heterocycles. The molecule has 1 N–H and O–H groups in total. The Morgan fingerprint density at radius 2 is 1.70 bits per heavy atom. The van der Waals surface area contributed by atoms with Crippen LogP contribution in [0.15, 0.2) is 40.8 Å². The van der Waals surface area contributed by atoms with Crippen molar-refractivity contribution in [1.82, 2.24) is 0 Å². The summed E-state index contributed by atoms with van der Waals surface area (Å²) in [4.78, 5) is 24.1. The predicted octanol–water partition coefficient (Wildman–Crippen LogP) is 3.80. The Hall–Kier alpha value is -3.94. The molecule has 0 fully saturated rings. The lowest BCUT2D eigenvalue weighted by Crippen LogP contribution is -2.02. The Bertz CT molecular complexity index is 1140. The minimum absolute atomic E-state index is 0.0511. The van der Waals surface area contributed by atoms with E-state index in [9.17, 15) is 14.7 Å². The second-order valence-corrected chi connectivity index (χ2v) is 6.14. The molecule has 1 heterocycles. The number of carbonyl (C=O) groups is 2. The topological polar surface area (TPSA) is 104 Å². The Labute approximate surface area is 172 Å². The highest BCUT2D eigenvalue weighted by atomic mass is 16.5. The van der Waals surface area contributed by atoms with Crippen LogP contribution in [0, 0.1) is 0 Å². The molecular weight excluding hydrogens is 392 g/mol. The summed E-state index contributed by atoms with van der Waals surface area (Å²) in [7, 11) is 5.43. The molecule has 0 unspecified atom stereocenters. The van der Waals surface area contributed by atoms with Crippen LogP contribution in [0.25, 0.3) is 28.4 Å². The van der Waals surface area contributed by atoms with Crippen LogP contribution in [0.5, 0.6) is 17.2 Å². The summed E-state index contributed by atoms with van der Waals surface area (Å²) in [6.45, 7) is 0. The van der Waals surface area contributed by atoms with Crippen molar-refractivity contribution in [2.75, 3.05) is 28.4 Å². The summed E-state index contributed by atoms with van der Waals surface area (Å²) in [6.07, 6.45) is 2.79. The van der Waals surface area contributed by atoms with Gasteiger partial charge in [-0.2, -0.15) is 0 Å². The number of furan rings is 1. The maximum Gasteiger partial charge on any atom is 0.342 e. The fraction of sp³-hybridized carbons (Fsp3) is 0.182. The number of hydrogen-bond acceptors (Lipinski definition) is 8. The number of phenolic OH excluding ortho intramolecular Hbond substituents is 1. The van der Waals surface area contributed by atoms with E-state index in [1.807, 2.05) is 0 Å². The molecule has 0 bridgehead atoms. The van der Waals surface area contributed by atoms with Crippen LogP contribution in [0.1, 0.15) is 15.9 Å². The number of aromatic hydroxyl groups is 1. The second-order valence-electron chi connectivity index (χ2n) is 6.14. The summed E-state index contributed by atoms with van der Waals surface area (Å²) in [5.41, 5.74) is 1.59. The summed E-state index contributed by atoms with van der Waals surface area (Å²) in [5, 5.41) is 10.3. The van der Waals surface area contributed by atoms with Crippen molar-refractivity contribution in [3.63, 3.8) is 0 Å². The van der Waals surface area contributed by atoms with Gasteiger partial charge in [-0.1, -0.05) is 0 Å². The number of hydrogen-bond donors (Lipinski definition) is 1. The quantitative estimate of drug-likeness (QED) is 0.482. The van der Waals surface area contributed by atoms with Crippen LogP contribution in [-0.4, -0.2) is 45.5 Å². The largest absolute Gasteiger partial charge is 0.504 e. The third-order valence-corrected chi connectivity index (χ3v) is 4.44. The highest BCUT2D eigenvalue weighted by molar-refractivity contribution is 6.10. The van der Waals surface area contributed by atoms with Gasteiger partial charge in [0.25, 0.3) is 0 Å². The molecule has 3 aromatic rings. The highest BCUT2D eigenvalue weighted by Crippen LogP contribution is 2.41. The minimum Gasteiger partial charge on any atom is -0.504 e. The minimum atomic E-state index is -0.619. The van der Waals surface area contributed by atoms with E-state index in [1.54, 1.807) is 24.3 Å². The Balaban J connectivity index is 2.29. The molecule has 2 aromatic carbocycles. The van der Waals surface area contributed by atoms with Crippen LogP contribution >= 0.6 is 0 Å². The van der Waals surface area contributed by atoms with Gasteiger partial charge in [0.05, 0.1) is 28.4 Å². The summed E-state index contributed by atoms with van der Waals surface area (Å²) < 4.78 is 26.1. The van der Waals surface area contributed by atoms with E-state index < -0.39 is 11.9 Å². The second kappa shape index (κ2) is 8.60. The highest BCUT2D eigenvalue weighted by Gasteiger charge is 2.26. The normalized spacial score (nSPS) is 10.9. The number of ether oxygens (including phenoxy) is 4. The van der Waals surface area contributed by atoms with Gasteiger partial charge in [0, 0.05) is 17.0 Å². The van der Waals surface area contributed by atoms with Gasteiger partial charge in [-0.05, 0) is 42.0 Å². The molecule has 3 rings (SSSR count). The number of benzene rings is 2. The monoisotopic (exact) mass is 412 g/mol. The third-order valence-electron chi connectivity index (χ3n) is 4.44. The van der Waals surface area contributed by atoms with Gasteiger partial charge in [-0.25, -0.2) is 9.59 Å². The Morgan fingerprint density at radius 3 is 2.33 bits per heavy atom. The van der Waals surface area contributed by atoms with Gasteiger partial charge in [0.2, 0.25) is 0 Å². The van der Waals surface area contributed by atoms with Gasteiger partial charge in [0.15, 0.2) is 22.8 Å². The number of carbonyl (C=O) groups excluding carboxylic acids is 2. The van der Waals surface area contributed by atoms with Gasteiger partial charge in [-0.3, -0.25) is 0 Å². The molecule has 30 heavy (non-hydrogen) atoms. The van der Waals surface area contributed by atoms with Crippen molar-refractivity contribution < 1.29 is 38.1 Å². The number of fused-ring (bicyclic) bond motifs is 1. The lowest BCUT2D eigenvalue weighted by molar-refractivity contribution is -0.134. The summed E-state index contributed by atoms with van der Waals surface area (Å²) in [6, 6.07) is 7.91. The molecule has 8 nitrogen and oxygen atoms in total. The molecular formula is C22H20O8. The van der Waals surface area contributed by atoms with E-state index in [0.29, 0.717) is 27.8 Å². The van der Waals surface area contributed by atoms with Crippen molar-refractivity contribution in [3.8, 4) is 28.6 Å². The maximum absolute atomic E-state index is 12.6. The van der Waals surface area contributed by atoms with E-state index in [4.69, 9.17) is 18.6 Å². The SMILES string of the molecule is COC(=O)/C=C/c1cc(OC)c2oc(-c3ccc(O)c(OC)c3)c(C(=O)OC)c2c1. The molecule has 1 aromatic heterocycles. The number of esters is 2. The van der Waals surface area contributed by atoms with Crippen molar-refractivity contribution >= 4 is 29.0 Å². The number of methoxy groups -OCH3 is 4. The van der Waals surface area contributed by atoms with Crippen molar-refractivity contribution in [3.05, 3.63) is 47.5 Å². The van der Waals surface area contributed by atoms with Crippen LogP contribution in [0.2, 0.25) is 0 Å². The lowest BCUT2D eigenvalue weighted by atomic mass is 10.0. The Morgan fingerprint density at radius 1 is 0.967 bits per heavy atom. The molecule has 0 saturated carbocycles. The summed E-state index contributed by atoms with van der Waals surface area (Å²) in [5.74, 6) is -0.387. The average Bonchev–Trinajstić information content (AvgIpc) is 3.16. The van der Waals surface area contributed by atoms with E-state index in [1.165, 1.54) is 46.7 Å². The zero-order valence-corrected chi connectivity index (χ0v) is 16.8. The van der Waals surface area contributed by atoms with E-state index >= 15 is 0 Å². The maximum atomic E-state index is 12.6. The molecule has 0 radical (unpaired) electrons. The molecule has 0 aliphatic heterocycles. The lowest BCUT2D eigenvalue weighted by Gasteiger charge is -2.06. The van der Waals surface area contributed by atoms with Crippen molar-refractivity contribution in [1.29, 1.82) is 0 Å². The molecule has 8 heteroatoms. The van der Waals surface area contributed by atoms with E-state index in [2.05, 4.69) is 4.74 Å². The van der Waals surface area contributed by atoms with E-state index in [-0.39, 0.29) is 22.8 Å². The van der Waals surface area contributed by atoms with Crippen molar-refractivity contribution in [2.45, 2.75) is 0 Å². The first-order valence-corrected chi connectivity index (χ1v) is 8.79. The fourth-order valence-electron chi connectivity index (χ4n) is 3.00. The van der Waals surface area contributed by atoms with Gasteiger partial charge < -0.3 is 28.5 Å². The molecule has 0 spiro atoms. The van der Waals surface area contributed by atoms with Gasteiger partial charge in [-0.15, -0.1) is 0 Å². The van der Waals surface area contributed by atoms with Gasteiger partial charge in [0.1, 0.15) is 11.3 Å². The van der Waals surface area contributed by atoms with Crippen LogP contribution in [0.4, 0.5) is 0 Å². The van der Waals surface area contributed by atoms with Crippen LogP contribution < -0.4 is 9.47 Å². The molecule has 0 aliphatic carbocycles. The number of rotatable bonds is 6. The van der Waals surface area contributed by atoms with Crippen LogP contribution in [-0.2, 0) is 14.3 Å². The van der Waals surface area contributed by atoms with Gasteiger partial charge >= 0.3 is 11.9 Å². The average molecular weight is 412 g/mol. The Kier molecular flexibility index (Phi) is 5.96. The third kappa shape index (κ3) is 3.80. The molecule has 0 atom stereocenters. The first-order chi connectivity index (χ1) is 14.4. The predicted molar refractivity (Wildman–Crippen MR) is 109 cm³/mol. The fourth-order valence-corrected chi connectivity index (χ4v) is 3.00. The smallest absolute Gasteiger partial charge is 0.342 e. The van der Waals surface area contributed by atoms with Crippen molar-refractivity contribution in [2.24, 2.45) is 0 Å². The first kappa shape index (κ1) is 20.8. The molecule has 156 valence electrons. The van der Waals surface area contributed by atoms with Crippen LogP contribution in [0.3, 0.4) is 0 Å². The zero-order valence-electron chi connectivity index (χ0n) is 16.8. The molecule has 0 amide bonds. The summed E-state index contributed by atoms with van der Waals surface area (Å²) >= 11 is 0. The number of phenols is 1. The molecule has 0 aliphatic rings. The zero-order chi connectivity index (χ0) is 21.8. The van der Waals surface area contributed by atoms with E-state index in [0.717, 1.165) is 0 Å². The standard InChI is InChI=1S/C22H20O8/c1-26-16-11-13(6-7-15(16)23)20-19(22(25)29-4)14-9-12(5-8-18(24)28-3)10-17(27-2)21(14)30-20/h5-11,23H,1-4H3/b8-5+.